The Morgan fingerprint density at radius 1 is 1.47 bits per heavy atom. The lowest BCUT2D eigenvalue weighted by Crippen LogP contribution is -2.30. The summed E-state index contributed by atoms with van der Waals surface area (Å²) in [6.07, 6.45) is 3.65. The Morgan fingerprint density at radius 2 is 2.12 bits per heavy atom. The molecule has 0 saturated heterocycles. The molecule has 0 aromatic carbocycles. The zero-order valence-electron chi connectivity index (χ0n) is 10.1. The Morgan fingerprint density at radius 3 is 2.59 bits per heavy atom. The molecule has 0 bridgehead atoms. The van der Waals surface area contributed by atoms with Gasteiger partial charge in [0.1, 0.15) is 0 Å². The van der Waals surface area contributed by atoms with Crippen molar-refractivity contribution in [2.45, 2.75) is 32.1 Å². The van der Waals surface area contributed by atoms with Gasteiger partial charge in [-0.3, -0.25) is 4.79 Å². The third-order valence-electron chi connectivity index (χ3n) is 3.36. The molecule has 0 aliphatic heterocycles. The van der Waals surface area contributed by atoms with Crippen LogP contribution in [0.4, 0.5) is 5.95 Å². The molecule has 1 aromatic rings. The van der Waals surface area contributed by atoms with E-state index in [2.05, 4.69) is 10.1 Å². The number of carboxylic acid groups (broad SMARTS) is 1. The van der Waals surface area contributed by atoms with Gasteiger partial charge in [0.05, 0.1) is 5.41 Å². The molecule has 6 nitrogen and oxygen atoms in total. The van der Waals surface area contributed by atoms with Gasteiger partial charge in [-0.15, -0.1) is 0 Å². The first-order valence-corrected chi connectivity index (χ1v) is 5.77. The van der Waals surface area contributed by atoms with E-state index in [4.69, 9.17) is 4.52 Å². The van der Waals surface area contributed by atoms with Crippen molar-refractivity contribution in [3.8, 4) is 0 Å². The van der Waals surface area contributed by atoms with Crippen LogP contribution in [0, 0.1) is 5.41 Å². The molecule has 1 saturated carbocycles. The van der Waals surface area contributed by atoms with Crippen molar-refractivity contribution < 1.29 is 14.4 Å². The van der Waals surface area contributed by atoms with Crippen LogP contribution in [0.25, 0.3) is 0 Å². The summed E-state index contributed by atoms with van der Waals surface area (Å²) in [5.41, 5.74) is -0.698. The van der Waals surface area contributed by atoms with Gasteiger partial charge in [-0.25, -0.2) is 0 Å². The quantitative estimate of drug-likeness (QED) is 0.853. The van der Waals surface area contributed by atoms with Gasteiger partial charge in [0.25, 0.3) is 5.95 Å². The highest BCUT2D eigenvalue weighted by Crippen LogP contribution is 2.41. The molecule has 94 valence electrons. The highest BCUT2D eigenvalue weighted by molar-refractivity contribution is 5.75. The first-order valence-electron chi connectivity index (χ1n) is 5.77. The lowest BCUT2D eigenvalue weighted by Gasteiger charge is -2.21. The van der Waals surface area contributed by atoms with E-state index < -0.39 is 11.4 Å². The second kappa shape index (κ2) is 4.35. The number of anilines is 1. The third kappa shape index (κ3) is 2.25. The van der Waals surface area contributed by atoms with E-state index in [0.29, 0.717) is 31.1 Å². The number of aliphatic carboxylic acids is 1. The first kappa shape index (κ1) is 11.9. The average molecular weight is 239 g/mol. The third-order valence-corrected chi connectivity index (χ3v) is 3.36. The molecule has 1 fully saturated rings. The number of nitrogens with zero attached hydrogens (tertiary/aromatic N) is 3. The van der Waals surface area contributed by atoms with Crippen LogP contribution < -0.4 is 4.90 Å². The zero-order chi connectivity index (χ0) is 12.5. The van der Waals surface area contributed by atoms with E-state index in [1.54, 1.807) is 4.90 Å². The number of carbonyl (C=O) groups is 1. The summed E-state index contributed by atoms with van der Waals surface area (Å²) in [6, 6.07) is 0. The summed E-state index contributed by atoms with van der Waals surface area (Å²) < 4.78 is 5.10. The lowest BCUT2D eigenvalue weighted by molar-refractivity contribution is -0.148. The van der Waals surface area contributed by atoms with Crippen LogP contribution in [0.5, 0.6) is 0 Å². The van der Waals surface area contributed by atoms with Gasteiger partial charge in [-0.05, 0) is 18.0 Å². The minimum Gasteiger partial charge on any atom is -0.481 e. The summed E-state index contributed by atoms with van der Waals surface area (Å²) in [6.45, 7) is 0. The Bertz CT molecular complexity index is 408. The summed E-state index contributed by atoms with van der Waals surface area (Å²) in [5.74, 6) is 0.149. The van der Waals surface area contributed by atoms with E-state index in [9.17, 15) is 9.90 Å². The predicted octanol–water partition coefficient (Wildman–Crippen LogP) is 1.32. The number of aromatic nitrogens is 2. The Hall–Kier alpha value is -1.59. The number of carboxylic acids is 1. The SMILES string of the molecule is CN(C)c1noc(CC2(C(=O)O)CCCC2)n1. The molecule has 0 unspecified atom stereocenters. The molecule has 0 radical (unpaired) electrons. The van der Waals surface area contributed by atoms with Crippen molar-refractivity contribution in [2.75, 3.05) is 19.0 Å². The molecule has 1 aliphatic carbocycles. The van der Waals surface area contributed by atoms with E-state index in [-0.39, 0.29) is 0 Å². The molecular weight excluding hydrogens is 222 g/mol. The Kier molecular flexibility index (Phi) is 3.04. The number of hydrogen-bond acceptors (Lipinski definition) is 5. The highest BCUT2D eigenvalue weighted by Gasteiger charge is 2.42. The topological polar surface area (TPSA) is 79.5 Å². The normalized spacial score (nSPS) is 18.2. The fraction of sp³-hybridized carbons (Fsp3) is 0.727. The van der Waals surface area contributed by atoms with Crippen molar-refractivity contribution >= 4 is 11.9 Å². The van der Waals surface area contributed by atoms with Gasteiger partial charge in [-0.1, -0.05) is 12.8 Å². The fourth-order valence-electron chi connectivity index (χ4n) is 2.31. The maximum absolute atomic E-state index is 11.4. The molecule has 1 N–H and O–H groups in total. The molecule has 0 spiro atoms. The van der Waals surface area contributed by atoms with E-state index in [1.807, 2.05) is 14.1 Å². The molecule has 1 aromatic heterocycles. The van der Waals surface area contributed by atoms with Crippen molar-refractivity contribution in [2.24, 2.45) is 5.41 Å². The van der Waals surface area contributed by atoms with Crippen LogP contribution in [0.15, 0.2) is 4.52 Å². The second-order valence-corrected chi connectivity index (χ2v) is 4.85. The summed E-state index contributed by atoms with van der Waals surface area (Å²) in [4.78, 5) is 17.3. The number of rotatable bonds is 4. The van der Waals surface area contributed by atoms with Crippen LogP contribution >= 0.6 is 0 Å². The molecule has 1 aliphatic rings. The van der Waals surface area contributed by atoms with Crippen molar-refractivity contribution in [1.82, 2.24) is 10.1 Å². The Labute approximate surface area is 99.6 Å². The summed E-state index contributed by atoms with van der Waals surface area (Å²) >= 11 is 0. The highest BCUT2D eigenvalue weighted by atomic mass is 16.5. The van der Waals surface area contributed by atoms with Crippen LogP contribution in [-0.2, 0) is 11.2 Å². The minimum atomic E-state index is -0.750. The molecule has 2 rings (SSSR count). The maximum atomic E-state index is 11.4. The predicted molar refractivity (Wildman–Crippen MR) is 60.9 cm³/mol. The van der Waals surface area contributed by atoms with Gasteiger partial charge in [-0.2, -0.15) is 4.98 Å². The largest absolute Gasteiger partial charge is 0.481 e. The van der Waals surface area contributed by atoms with Crippen LogP contribution in [0.1, 0.15) is 31.6 Å². The molecule has 1 heterocycles. The smallest absolute Gasteiger partial charge is 0.310 e. The second-order valence-electron chi connectivity index (χ2n) is 4.85. The van der Waals surface area contributed by atoms with Crippen molar-refractivity contribution in [1.29, 1.82) is 0 Å². The number of hydrogen-bond donors (Lipinski definition) is 1. The van der Waals surface area contributed by atoms with Crippen molar-refractivity contribution in [3.05, 3.63) is 5.89 Å². The fourth-order valence-corrected chi connectivity index (χ4v) is 2.31. The van der Waals surface area contributed by atoms with Crippen LogP contribution in [0.3, 0.4) is 0 Å². The van der Waals surface area contributed by atoms with E-state index >= 15 is 0 Å². The standard InChI is InChI=1S/C11H17N3O3/c1-14(2)10-12-8(17-13-10)7-11(9(15)16)5-3-4-6-11/h3-7H2,1-2H3,(H,15,16). The van der Waals surface area contributed by atoms with Gasteiger partial charge >= 0.3 is 5.97 Å². The zero-order valence-corrected chi connectivity index (χ0v) is 10.1. The summed E-state index contributed by atoms with van der Waals surface area (Å²) in [5, 5.41) is 13.1. The molecule has 0 atom stereocenters. The van der Waals surface area contributed by atoms with E-state index in [0.717, 1.165) is 12.8 Å². The molecule has 0 amide bonds. The lowest BCUT2D eigenvalue weighted by atomic mass is 9.83. The van der Waals surface area contributed by atoms with Gasteiger partial charge in [0, 0.05) is 20.5 Å². The Balaban J connectivity index is 2.15. The maximum Gasteiger partial charge on any atom is 0.310 e. The summed E-state index contributed by atoms with van der Waals surface area (Å²) in [7, 11) is 3.63. The molecular formula is C11H17N3O3. The monoisotopic (exact) mass is 239 g/mol. The van der Waals surface area contributed by atoms with Crippen LogP contribution in [0.2, 0.25) is 0 Å². The average Bonchev–Trinajstić information content (AvgIpc) is 2.88. The van der Waals surface area contributed by atoms with Gasteiger partial charge in [0.2, 0.25) is 5.89 Å². The van der Waals surface area contributed by atoms with Crippen molar-refractivity contribution in [3.63, 3.8) is 0 Å². The van der Waals surface area contributed by atoms with E-state index in [1.165, 1.54) is 0 Å². The molecule has 6 heteroatoms. The molecule has 17 heavy (non-hydrogen) atoms. The van der Waals surface area contributed by atoms with Gasteiger partial charge in [0.15, 0.2) is 0 Å². The minimum absolute atomic E-state index is 0.336. The van der Waals surface area contributed by atoms with Gasteiger partial charge < -0.3 is 14.5 Å². The first-order chi connectivity index (χ1) is 8.03. The van der Waals surface area contributed by atoms with Crippen LogP contribution in [-0.4, -0.2) is 35.3 Å².